The van der Waals surface area contributed by atoms with Crippen molar-refractivity contribution in [2.75, 3.05) is 26.8 Å². The number of pyridine rings is 1. The third-order valence-electron chi connectivity index (χ3n) is 8.28. The molecule has 0 radical (unpaired) electrons. The maximum Gasteiger partial charge on any atom is 0.251 e. The number of aromatic nitrogens is 2. The van der Waals surface area contributed by atoms with E-state index in [0.29, 0.717) is 42.6 Å². The molecule has 8 nitrogen and oxygen atoms in total. The van der Waals surface area contributed by atoms with E-state index >= 15 is 0 Å². The molecule has 246 valence electrons. The van der Waals surface area contributed by atoms with Gasteiger partial charge in [0.15, 0.2) is 5.76 Å². The van der Waals surface area contributed by atoms with E-state index in [9.17, 15) is 13.6 Å². The summed E-state index contributed by atoms with van der Waals surface area (Å²) in [6.07, 6.45) is 5.95. The maximum atomic E-state index is 14.3. The molecule has 1 aliphatic carbocycles. The summed E-state index contributed by atoms with van der Waals surface area (Å²) in [5.41, 5.74) is 4.42. The number of hydrogen-bond donors (Lipinski definition) is 1. The molecule has 0 unspecified atom stereocenters. The average molecular weight is 684 g/mol. The smallest absolute Gasteiger partial charge is 0.251 e. The Labute approximate surface area is 281 Å². The van der Waals surface area contributed by atoms with Crippen LogP contribution in [0.2, 0.25) is 10.0 Å². The zero-order valence-corrected chi connectivity index (χ0v) is 27.3. The first kappa shape index (κ1) is 33.1. The van der Waals surface area contributed by atoms with Crippen LogP contribution in [0.15, 0.2) is 64.8 Å². The van der Waals surface area contributed by atoms with Crippen molar-refractivity contribution in [2.45, 2.75) is 51.3 Å². The molecular weight excluding hydrogens is 649 g/mol. The molecule has 6 rings (SSSR count). The number of nitrogens with zero attached hydrogens (tertiary/aromatic N) is 3. The first-order chi connectivity index (χ1) is 22.8. The summed E-state index contributed by atoms with van der Waals surface area (Å²) in [6.45, 7) is 2.33. The van der Waals surface area contributed by atoms with Crippen LogP contribution < -0.4 is 10.1 Å². The number of rotatable bonds is 13. The molecule has 1 aliphatic heterocycles. The van der Waals surface area contributed by atoms with E-state index in [-0.39, 0.29) is 34.8 Å². The van der Waals surface area contributed by atoms with Crippen molar-refractivity contribution in [1.82, 2.24) is 20.4 Å². The normalized spacial score (nSPS) is 14.8. The van der Waals surface area contributed by atoms with Crippen molar-refractivity contribution >= 4 is 34.7 Å². The molecule has 4 aromatic rings. The number of hydrogen-bond acceptors (Lipinski definition) is 7. The van der Waals surface area contributed by atoms with Crippen LogP contribution in [-0.4, -0.2) is 53.8 Å². The van der Waals surface area contributed by atoms with E-state index in [4.69, 9.17) is 37.2 Å². The van der Waals surface area contributed by atoms with E-state index in [1.54, 1.807) is 13.3 Å². The van der Waals surface area contributed by atoms with Gasteiger partial charge in [-0.25, -0.2) is 8.78 Å². The predicted molar refractivity (Wildman–Crippen MR) is 175 cm³/mol. The van der Waals surface area contributed by atoms with Crippen molar-refractivity contribution in [3.8, 4) is 17.0 Å². The minimum absolute atomic E-state index is 0.0132. The van der Waals surface area contributed by atoms with Gasteiger partial charge < -0.3 is 24.2 Å². The standard InChI is InChI=1S/C35H34Cl2F2N4O4/c1-45-14-2-3-23-15-22(29(36)18-41-23)19-43(24-6-7-24)35(44)28-17-40-13-12-27(28)21-4-8-25(9-5-21)46-20-26-16-32(42-47-26)33-30(38)10-11-31(39)34(33)37/h4-5,8-11,15-16,18,24,40H,2-3,6-7,12-14,17,19-20H2,1H3. The van der Waals surface area contributed by atoms with E-state index in [2.05, 4.69) is 15.5 Å². The van der Waals surface area contributed by atoms with Crippen LogP contribution in [0, 0.1) is 11.6 Å². The highest BCUT2D eigenvalue weighted by Crippen LogP contribution is 2.35. The van der Waals surface area contributed by atoms with Crippen molar-refractivity contribution in [2.24, 2.45) is 0 Å². The van der Waals surface area contributed by atoms with Gasteiger partial charge >= 0.3 is 0 Å². The maximum absolute atomic E-state index is 14.3. The summed E-state index contributed by atoms with van der Waals surface area (Å²) in [5.74, 6) is -0.562. The number of carbonyl (C=O) groups excluding carboxylic acids is 1. The third kappa shape index (κ3) is 7.84. The SMILES string of the molecule is COCCCc1cc(CN(C(=O)C2=C(c3ccc(OCc4cc(-c5c(F)ccc(F)c5Cl)no4)cc3)CCNC2)C2CC2)c(Cl)cn1. The molecule has 2 aromatic heterocycles. The zero-order chi connectivity index (χ0) is 32.9. The molecule has 1 fully saturated rings. The van der Waals surface area contributed by atoms with Crippen LogP contribution in [0.1, 0.15) is 48.3 Å². The number of nitrogens with one attached hydrogen (secondary N) is 1. The van der Waals surface area contributed by atoms with E-state index in [0.717, 1.165) is 72.3 Å². The topological polar surface area (TPSA) is 89.7 Å². The van der Waals surface area contributed by atoms with Crippen LogP contribution >= 0.6 is 23.2 Å². The lowest BCUT2D eigenvalue weighted by atomic mass is 9.93. The molecule has 0 atom stereocenters. The number of amides is 1. The van der Waals surface area contributed by atoms with Gasteiger partial charge in [0.2, 0.25) is 0 Å². The molecule has 12 heteroatoms. The molecule has 0 saturated heterocycles. The molecule has 3 heterocycles. The minimum Gasteiger partial charge on any atom is -0.486 e. The summed E-state index contributed by atoms with van der Waals surface area (Å²) in [4.78, 5) is 20.5. The lowest BCUT2D eigenvalue weighted by Crippen LogP contribution is -2.39. The number of halogens is 4. The Bertz CT molecular complexity index is 1780. The first-order valence-electron chi connectivity index (χ1n) is 15.5. The van der Waals surface area contributed by atoms with Crippen molar-refractivity contribution in [3.63, 3.8) is 0 Å². The zero-order valence-electron chi connectivity index (χ0n) is 25.8. The molecule has 1 amide bonds. The lowest BCUT2D eigenvalue weighted by Gasteiger charge is -2.28. The second-order valence-electron chi connectivity index (χ2n) is 11.6. The first-order valence-corrected chi connectivity index (χ1v) is 16.3. The Hall–Kier alpha value is -3.83. The molecule has 1 saturated carbocycles. The number of methoxy groups -OCH3 is 1. The Morgan fingerprint density at radius 1 is 1.11 bits per heavy atom. The van der Waals surface area contributed by atoms with Gasteiger partial charge in [0.05, 0.1) is 15.6 Å². The summed E-state index contributed by atoms with van der Waals surface area (Å²) >= 11 is 12.5. The van der Waals surface area contributed by atoms with Crippen LogP contribution in [0.4, 0.5) is 8.78 Å². The predicted octanol–water partition coefficient (Wildman–Crippen LogP) is 7.42. The monoisotopic (exact) mass is 682 g/mol. The highest BCUT2D eigenvalue weighted by molar-refractivity contribution is 6.33. The van der Waals surface area contributed by atoms with Gasteiger partial charge in [0, 0.05) is 56.4 Å². The second kappa shape index (κ2) is 14.9. The fourth-order valence-corrected chi connectivity index (χ4v) is 6.08. The molecule has 2 aliphatic rings. The van der Waals surface area contributed by atoms with Gasteiger partial charge in [-0.2, -0.15) is 0 Å². The summed E-state index contributed by atoms with van der Waals surface area (Å²) in [6, 6.07) is 13.1. The average Bonchev–Trinajstić information content (AvgIpc) is 3.83. The third-order valence-corrected chi connectivity index (χ3v) is 8.99. The second-order valence-corrected chi connectivity index (χ2v) is 12.4. The fraction of sp³-hybridized carbons (Fsp3) is 0.343. The van der Waals surface area contributed by atoms with Crippen LogP contribution in [-0.2, 0) is 29.1 Å². The Balaban J connectivity index is 1.15. The van der Waals surface area contributed by atoms with Crippen molar-refractivity contribution in [3.05, 3.63) is 105 Å². The van der Waals surface area contributed by atoms with Gasteiger partial charge in [-0.1, -0.05) is 40.5 Å². The van der Waals surface area contributed by atoms with Crippen LogP contribution in [0.25, 0.3) is 16.8 Å². The molecular formula is C35H34Cl2F2N4O4. The molecule has 0 bridgehead atoms. The highest BCUT2D eigenvalue weighted by atomic mass is 35.5. The van der Waals surface area contributed by atoms with Crippen molar-refractivity contribution in [1.29, 1.82) is 0 Å². The van der Waals surface area contributed by atoms with E-state index in [1.165, 1.54) is 6.07 Å². The summed E-state index contributed by atoms with van der Waals surface area (Å²) in [7, 11) is 1.68. The molecule has 2 aromatic carbocycles. The fourth-order valence-electron chi connectivity index (χ4n) is 5.67. The van der Waals surface area contributed by atoms with E-state index in [1.807, 2.05) is 35.2 Å². The summed E-state index contributed by atoms with van der Waals surface area (Å²) < 4.78 is 44.5. The number of ether oxygens (including phenoxy) is 2. The van der Waals surface area contributed by atoms with Crippen LogP contribution in [0.3, 0.4) is 0 Å². The minimum atomic E-state index is -0.751. The Morgan fingerprint density at radius 2 is 1.89 bits per heavy atom. The number of benzene rings is 2. The Morgan fingerprint density at radius 3 is 2.66 bits per heavy atom. The van der Waals surface area contributed by atoms with Crippen molar-refractivity contribution < 1.29 is 27.6 Å². The van der Waals surface area contributed by atoms with E-state index < -0.39 is 11.6 Å². The largest absolute Gasteiger partial charge is 0.486 e. The van der Waals surface area contributed by atoms with Gasteiger partial charge in [-0.3, -0.25) is 9.78 Å². The lowest BCUT2D eigenvalue weighted by molar-refractivity contribution is -0.128. The Kier molecular flexibility index (Phi) is 10.5. The van der Waals surface area contributed by atoms with Gasteiger partial charge in [0.1, 0.15) is 29.7 Å². The number of aryl methyl sites for hydroxylation is 1. The van der Waals surface area contributed by atoms with Crippen LogP contribution in [0.5, 0.6) is 5.75 Å². The number of carbonyl (C=O) groups is 1. The summed E-state index contributed by atoms with van der Waals surface area (Å²) in [5, 5.41) is 7.39. The van der Waals surface area contributed by atoms with Gasteiger partial charge in [0.25, 0.3) is 5.91 Å². The molecule has 1 N–H and O–H groups in total. The van der Waals surface area contributed by atoms with Gasteiger partial charge in [-0.15, -0.1) is 0 Å². The highest BCUT2D eigenvalue weighted by Gasteiger charge is 2.35. The molecule has 47 heavy (non-hydrogen) atoms. The van der Waals surface area contributed by atoms with Gasteiger partial charge in [-0.05, 0) is 85.7 Å². The molecule has 0 spiro atoms. The quantitative estimate of drug-likeness (QED) is 0.116.